The largest absolute Gasteiger partial charge is 0.378 e. The van der Waals surface area contributed by atoms with Gasteiger partial charge in [0.1, 0.15) is 0 Å². The summed E-state index contributed by atoms with van der Waals surface area (Å²) in [6.45, 7) is 4.70. The van der Waals surface area contributed by atoms with Crippen LogP contribution in [0.2, 0.25) is 5.02 Å². The van der Waals surface area contributed by atoms with Gasteiger partial charge in [0, 0.05) is 45.7 Å². The van der Waals surface area contributed by atoms with E-state index >= 15 is 0 Å². The van der Waals surface area contributed by atoms with E-state index in [9.17, 15) is 4.79 Å². The van der Waals surface area contributed by atoms with Crippen LogP contribution in [0.15, 0.2) is 18.5 Å². The van der Waals surface area contributed by atoms with Crippen LogP contribution in [0, 0.1) is 0 Å². The molecule has 0 unspecified atom stereocenters. The smallest absolute Gasteiger partial charge is 0.315 e. The van der Waals surface area contributed by atoms with Gasteiger partial charge in [-0.05, 0) is 18.6 Å². The number of nitrogens with one attached hydrogen (secondary N) is 2. The van der Waals surface area contributed by atoms with Crippen molar-refractivity contribution in [2.45, 2.75) is 25.6 Å². The monoisotopic (exact) mass is 312 g/mol. The van der Waals surface area contributed by atoms with Crippen LogP contribution in [-0.4, -0.2) is 54.8 Å². The van der Waals surface area contributed by atoms with Crippen LogP contribution >= 0.6 is 11.6 Å². The number of urea groups is 1. The minimum absolute atomic E-state index is 0.0202. The van der Waals surface area contributed by atoms with Gasteiger partial charge >= 0.3 is 6.03 Å². The van der Waals surface area contributed by atoms with Gasteiger partial charge in [0.2, 0.25) is 0 Å². The quantitative estimate of drug-likeness (QED) is 0.859. The highest BCUT2D eigenvalue weighted by Crippen LogP contribution is 2.20. The van der Waals surface area contributed by atoms with Crippen molar-refractivity contribution in [3.63, 3.8) is 0 Å². The Morgan fingerprint density at radius 1 is 1.57 bits per heavy atom. The third-order valence-corrected chi connectivity index (χ3v) is 3.89. The van der Waals surface area contributed by atoms with E-state index in [0.29, 0.717) is 11.6 Å². The molecule has 1 saturated heterocycles. The molecular weight excluding hydrogens is 292 g/mol. The number of likely N-dealkylation sites (tertiary alicyclic amines) is 1. The molecule has 2 amide bonds. The minimum atomic E-state index is -0.159. The van der Waals surface area contributed by atoms with Crippen molar-refractivity contribution in [2.24, 2.45) is 0 Å². The third-order valence-electron chi connectivity index (χ3n) is 3.55. The molecule has 0 aliphatic carbocycles. The number of carbonyl (C=O) groups is 1. The highest BCUT2D eigenvalue weighted by molar-refractivity contribution is 6.31. The molecular formula is C14H21ClN4O2. The molecule has 0 saturated carbocycles. The molecule has 7 heteroatoms. The maximum Gasteiger partial charge on any atom is 0.315 e. The van der Waals surface area contributed by atoms with E-state index in [4.69, 9.17) is 16.3 Å². The molecule has 1 aromatic heterocycles. The van der Waals surface area contributed by atoms with Crippen LogP contribution in [-0.2, 0) is 11.3 Å². The Morgan fingerprint density at radius 3 is 3.05 bits per heavy atom. The van der Waals surface area contributed by atoms with E-state index in [-0.39, 0.29) is 18.2 Å². The van der Waals surface area contributed by atoms with Crippen molar-refractivity contribution in [3.05, 3.63) is 29.0 Å². The molecule has 2 heterocycles. The van der Waals surface area contributed by atoms with Gasteiger partial charge in [0.25, 0.3) is 0 Å². The van der Waals surface area contributed by atoms with Crippen LogP contribution in [0.5, 0.6) is 0 Å². The average molecular weight is 313 g/mol. The second kappa shape index (κ2) is 7.59. The van der Waals surface area contributed by atoms with Crippen LogP contribution in [0.4, 0.5) is 4.79 Å². The maximum absolute atomic E-state index is 11.7. The first-order valence-corrected chi connectivity index (χ1v) is 7.39. The first-order chi connectivity index (χ1) is 10.1. The lowest BCUT2D eigenvalue weighted by atomic mass is 10.2. The molecule has 0 spiro atoms. The van der Waals surface area contributed by atoms with E-state index in [2.05, 4.69) is 20.5 Å². The van der Waals surface area contributed by atoms with Crippen LogP contribution in [0.3, 0.4) is 0 Å². The van der Waals surface area contributed by atoms with E-state index in [0.717, 1.165) is 25.2 Å². The first-order valence-electron chi connectivity index (χ1n) is 7.02. The average Bonchev–Trinajstić information content (AvgIpc) is 2.83. The van der Waals surface area contributed by atoms with Crippen molar-refractivity contribution in [3.8, 4) is 0 Å². The number of ether oxygens (including phenoxy) is 1. The molecule has 6 nitrogen and oxygen atoms in total. The van der Waals surface area contributed by atoms with Crippen LogP contribution in [0.25, 0.3) is 0 Å². The topological polar surface area (TPSA) is 66.5 Å². The summed E-state index contributed by atoms with van der Waals surface area (Å²) in [5.41, 5.74) is 1.03. The summed E-state index contributed by atoms with van der Waals surface area (Å²) in [7, 11) is 1.67. The highest BCUT2D eigenvalue weighted by Gasteiger charge is 2.33. The Hall–Kier alpha value is -1.37. The Balaban J connectivity index is 1.95. The number of halogens is 1. The van der Waals surface area contributed by atoms with Gasteiger partial charge in [-0.25, -0.2) is 4.79 Å². The van der Waals surface area contributed by atoms with Gasteiger partial charge < -0.3 is 15.4 Å². The number of carbonyl (C=O) groups excluding carboxylic acids is 1. The standard InChI is InChI=1S/C14H21ClN4O2/c1-3-17-14(20)18-12-8-19(9-13(12)21-2)7-10-4-5-16-6-11(10)15/h4-6,12-13H,3,7-9H2,1-2H3,(H2,17,18,20)/t12-,13-/m0/s1. The lowest BCUT2D eigenvalue weighted by molar-refractivity contribution is 0.0911. The van der Waals surface area contributed by atoms with Gasteiger partial charge in [-0.1, -0.05) is 11.6 Å². The van der Waals surface area contributed by atoms with Crippen LogP contribution < -0.4 is 10.6 Å². The third kappa shape index (κ3) is 4.30. The van der Waals surface area contributed by atoms with Crippen molar-refractivity contribution < 1.29 is 9.53 Å². The second-order valence-electron chi connectivity index (χ2n) is 5.05. The fraction of sp³-hybridized carbons (Fsp3) is 0.571. The van der Waals surface area contributed by atoms with E-state index in [1.54, 1.807) is 19.5 Å². The Labute approximate surface area is 129 Å². The Kier molecular flexibility index (Phi) is 5.78. The Bertz CT molecular complexity index is 486. The number of hydrogen-bond acceptors (Lipinski definition) is 4. The van der Waals surface area contributed by atoms with E-state index in [1.165, 1.54) is 0 Å². The lowest BCUT2D eigenvalue weighted by Gasteiger charge is -2.18. The molecule has 1 aliphatic heterocycles. The van der Waals surface area contributed by atoms with Crippen molar-refractivity contribution in [1.82, 2.24) is 20.5 Å². The van der Waals surface area contributed by atoms with Crippen molar-refractivity contribution >= 4 is 17.6 Å². The van der Waals surface area contributed by atoms with Gasteiger partial charge in [-0.2, -0.15) is 0 Å². The summed E-state index contributed by atoms with van der Waals surface area (Å²) < 4.78 is 5.47. The summed E-state index contributed by atoms with van der Waals surface area (Å²) >= 11 is 6.13. The number of pyridine rings is 1. The Morgan fingerprint density at radius 2 is 2.38 bits per heavy atom. The zero-order valence-electron chi connectivity index (χ0n) is 12.3. The predicted octanol–water partition coefficient (Wildman–Crippen LogP) is 1.25. The van der Waals surface area contributed by atoms with Gasteiger partial charge in [-0.15, -0.1) is 0 Å². The lowest BCUT2D eigenvalue weighted by Crippen LogP contribution is -2.47. The first kappa shape index (κ1) is 16.0. The summed E-state index contributed by atoms with van der Waals surface area (Å²) in [5, 5.41) is 6.35. The molecule has 1 aromatic rings. The summed E-state index contributed by atoms with van der Waals surface area (Å²) in [6, 6.07) is 1.73. The fourth-order valence-electron chi connectivity index (χ4n) is 2.51. The van der Waals surface area contributed by atoms with Gasteiger partial charge in [0.05, 0.1) is 17.2 Å². The summed E-state index contributed by atoms with van der Waals surface area (Å²) in [6.07, 6.45) is 3.36. The van der Waals surface area contributed by atoms with Crippen molar-refractivity contribution in [2.75, 3.05) is 26.7 Å². The summed E-state index contributed by atoms with van der Waals surface area (Å²) in [5.74, 6) is 0. The normalized spacial score (nSPS) is 22.2. The molecule has 2 atom stereocenters. The molecule has 2 rings (SSSR count). The molecule has 1 aliphatic rings. The van der Waals surface area contributed by atoms with E-state index < -0.39 is 0 Å². The molecule has 21 heavy (non-hydrogen) atoms. The maximum atomic E-state index is 11.7. The molecule has 0 bridgehead atoms. The fourth-order valence-corrected chi connectivity index (χ4v) is 2.69. The van der Waals surface area contributed by atoms with Crippen LogP contribution in [0.1, 0.15) is 12.5 Å². The molecule has 116 valence electrons. The zero-order valence-corrected chi connectivity index (χ0v) is 13.1. The number of amides is 2. The molecule has 2 N–H and O–H groups in total. The number of methoxy groups -OCH3 is 1. The highest BCUT2D eigenvalue weighted by atomic mass is 35.5. The SMILES string of the molecule is CCNC(=O)N[C@H]1CN(Cc2ccncc2Cl)C[C@@H]1OC. The molecule has 0 radical (unpaired) electrons. The van der Waals surface area contributed by atoms with Crippen molar-refractivity contribution in [1.29, 1.82) is 0 Å². The van der Waals surface area contributed by atoms with E-state index in [1.807, 2.05) is 13.0 Å². The summed E-state index contributed by atoms with van der Waals surface area (Å²) in [4.78, 5) is 17.9. The zero-order chi connectivity index (χ0) is 15.2. The number of aromatic nitrogens is 1. The number of hydrogen-bond donors (Lipinski definition) is 2. The number of rotatable bonds is 5. The van der Waals surface area contributed by atoms with Gasteiger partial charge in [-0.3, -0.25) is 9.88 Å². The second-order valence-corrected chi connectivity index (χ2v) is 5.45. The predicted molar refractivity (Wildman–Crippen MR) is 81.3 cm³/mol. The van der Waals surface area contributed by atoms with Gasteiger partial charge in [0.15, 0.2) is 0 Å². The number of nitrogens with zero attached hydrogens (tertiary/aromatic N) is 2. The molecule has 0 aromatic carbocycles. The minimum Gasteiger partial charge on any atom is -0.378 e. The molecule has 1 fully saturated rings.